The molecule has 3 fully saturated rings. The highest BCUT2D eigenvalue weighted by Gasteiger charge is 2.44. The Bertz CT molecular complexity index is 954. The van der Waals surface area contributed by atoms with Gasteiger partial charge in [-0.3, -0.25) is 9.69 Å². The molecule has 5 rings (SSSR count). The smallest absolute Gasteiger partial charge is 0.255 e. The molecule has 1 spiro atoms. The van der Waals surface area contributed by atoms with E-state index in [9.17, 15) is 4.79 Å². The largest absolute Gasteiger partial charge is 0.493 e. The number of anilines is 2. The van der Waals surface area contributed by atoms with Crippen molar-refractivity contribution in [2.75, 3.05) is 43.5 Å². The maximum Gasteiger partial charge on any atom is 0.255 e. The van der Waals surface area contributed by atoms with Crippen LogP contribution in [0.3, 0.4) is 0 Å². The second-order valence-electron chi connectivity index (χ2n) is 9.65. The lowest BCUT2D eigenvalue weighted by atomic mass is 9.96. The van der Waals surface area contributed by atoms with E-state index in [1.54, 1.807) is 0 Å². The highest BCUT2D eigenvalue weighted by Crippen LogP contribution is 2.38. The van der Waals surface area contributed by atoms with Gasteiger partial charge < -0.3 is 15.0 Å². The van der Waals surface area contributed by atoms with Crippen LogP contribution >= 0.6 is 0 Å². The van der Waals surface area contributed by atoms with E-state index in [-0.39, 0.29) is 5.91 Å². The number of carbonyl (C=O) groups is 1. The Kier molecular flexibility index (Phi) is 5.39. The minimum Gasteiger partial charge on any atom is -0.493 e. The molecule has 2 saturated heterocycles. The Balaban J connectivity index is 1.21. The average Bonchev–Trinajstić information content (AvgIpc) is 3.41. The number of aryl methyl sites for hydroxylation is 1. The minimum absolute atomic E-state index is 0.0858. The van der Waals surface area contributed by atoms with Crippen LogP contribution in [0.1, 0.15) is 48.0 Å². The van der Waals surface area contributed by atoms with E-state index >= 15 is 0 Å². The summed E-state index contributed by atoms with van der Waals surface area (Å²) in [7, 11) is 2.27. The molecule has 2 aromatic rings. The number of likely N-dealkylation sites (N-methyl/N-ethyl adjacent to an activating group) is 1. The molecule has 5 heteroatoms. The molecule has 1 amide bonds. The van der Waals surface area contributed by atoms with Crippen molar-refractivity contribution in [2.24, 2.45) is 5.92 Å². The van der Waals surface area contributed by atoms with Crippen molar-refractivity contribution >= 4 is 17.3 Å². The number of hydrogen-bond acceptors (Lipinski definition) is 4. The van der Waals surface area contributed by atoms with Crippen molar-refractivity contribution in [2.45, 2.75) is 44.6 Å². The molecule has 5 nitrogen and oxygen atoms in total. The number of likely N-dealkylation sites (tertiary alicyclic amines) is 1. The zero-order valence-electron chi connectivity index (χ0n) is 18.7. The maximum absolute atomic E-state index is 12.7. The van der Waals surface area contributed by atoms with E-state index in [2.05, 4.69) is 41.2 Å². The van der Waals surface area contributed by atoms with Crippen LogP contribution in [0.4, 0.5) is 11.4 Å². The van der Waals surface area contributed by atoms with Crippen molar-refractivity contribution in [1.29, 1.82) is 0 Å². The van der Waals surface area contributed by atoms with Gasteiger partial charge in [0.2, 0.25) is 0 Å². The van der Waals surface area contributed by atoms with Gasteiger partial charge in [-0.05, 0) is 107 Å². The predicted molar refractivity (Wildman–Crippen MR) is 125 cm³/mol. The maximum atomic E-state index is 12.7. The molecule has 1 saturated carbocycles. The molecule has 1 unspecified atom stereocenters. The number of carbonyl (C=O) groups excluding carboxylic acids is 1. The predicted octanol–water partition coefficient (Wildman–Crippen LogP) is 4.71. The van der Waals surface area contributed by atoms with Crippen LogP contribution in [0.5, 0.6) is 5.75 Å². The number of nitrogens with one attached hydrogen (secondary N) is 1. The molecular weight excluding hydrogens is 386 g/mol. The SMILES string of the molecule is Cc1cc(N2CCC3(CCCN3C)C2)ccc1NC(=O)c1ccc(OCC2CC2)cc1. The molecule has 1 atom stereocenters. The molecule has 1 aliphatic carbocycles. The summed E-state index contributed by atoms with van der Waals surface area (Å²) >= 11 is 0. The Morgan fingerprint density at radius 3 is 2.61 bits per heavy atom. The summed E-state index contributed by atoms with van der Waals surface area (Å²) in [6.07, 6.45) is 6.39. The van der Waals surface area contributed by atoms with Crippen molar-refractivity contribution in [3.05, 3.63) is 53.6 Å². The second kappa shape index (κ2) is 8.19. The van der Waals surface area contributed by atoms with E-state index in [0.717, 1.165) is 42.6 Å². The molecule has 3 aliphatic rings. The monoisotopic (exact) mass is 419 g/mol. The van der Waals surface area contributed by atoms with Crippen LogP contribution in [0.25, 0.3) is 0 Å². The summed E-state index contributed by atoms with van der Waals surface area (Å²) in [5.74, 6) is 1.47. The quantitative estimate of drug-likeness (QED) is 0.736. The van der Waals surface area contributed by atoms with Gasteiger partial charge in [-0.2, -0.15) is 0 Å². The minimum atomic E-state index is -0.0858. The fraction of sp³-hybridized carbons (Fsp3) is 0.500. The van der Waals surface area contributed by atoms with Crippen molar-refractivity contribution in [1.82, 2.24) is 4.90 Å². The zero-order chi connectivity index (χ0) is 21.4. The molecule has 164 valence electrons. The summed E-state index contributed by atoms with van der Waals surface area (Å²) in [4.78, 5) is 17.8. The number of benzene rings is 2. The first-order valence-corrected chi connectivity index (χ1v) is 11.6. The number of hydrogen-bond donors (Lipinski definition) is 1. The molecule has 31 heavy (non-hydrogen) atoms. The van der Waals surface area contributed by atoms with Gasteiger partial charge in [0.1, 0.15) is 5.75 Å². The van der Waals surface area contributed by atoms with Crippen molar-refractivity contribution in [3.63, 3.8) is 0 Å². The van der Waals surface area contributed by atoms with Gasteiger partial charge in [0.25, 0.3) is 5.91 Å². The number of nitrogens with zero attached hydrogens (tertiary/aromatic N) is 2. The summed E-state index contributed by atoms with van der Waals surface area (Å²) < 4.78 is 5.77. The lowest BCUT2D eigenvalue weighted by molar-refractivity contribution is 0.102. The summed E-state index contributed by atoms with van der Waals surface area (Å²) in [5, 5.41) is 3.07. The van der Waals surface area contributed by atoms with E-state index < -0.39 is 0 Å². The fourth-order valence-electron chi connectivity index (χ4n) is 5.05. The Labute approximate surface area is 185 Å². The first kappa shape index (κ1) is 20.4. The molecule has 0 radical (unpaired) electrons. The zero-order valence-corrected chi connectivity index (χ0v) is 18.7. The third-order valence-electron chi connectivity index (χ3n) is 7.40. The molecular formula is C26H33N3O2. The summed E-state index contributed by atoms with van der Waals surface area (Å²) in [6.45, 7) is 6.27. The van der Waals surface area contributed by atoms with Crippen LogP contribution in [0.2, 0.25) is 0 Å². The van der Waals surface area contributed by atoms with E-state index in [4.69, 9.17) is 4.74 Å². The normalized spacial score (nSPS) is 23.5. The van der Waals surface area contributed by atoms with Crippen LogP contribution in [-0.2, 0) is 0 Å². The Hall–Kier alpha value is -2.53. The Morgan fingerprint density at radius 2 is 1.94 bits per heavy atom. The van der Waals surface area contributed by atoms with Gasteiger partial charge >= 0.3 is 0 Å². The van der Waals surface area contributed by atoms with E-state index in [0.29, 0.717) is 11.1 Å². The second-order valence-corrected chi connectivity index (χ2v) is 9.65. The summed E-state index contributed by atoms with van der Waals surface area (Å²) in [5.41, 5.74) is 4.22. The van der Waals surface area contributed by atoms with Gasteiger partial charge in [-0.1, -0.05) is 0 Å². The van der Waals surface area contributed by atoms with E-state index in [1.807, 2.05) is 30.3 Å². The lowest BCUT2D eigenvalue weighted by Gasteiger charge is -2.32. The third-order valence-corrected chi connectivity index (χ3v) is 7.40. The van der Waals surface area contributed by atoms with Gasteiger partial charge in [0, 0.05) is 35.6 Å². The fourth-order valence-corrected chi connectivity index (χ4v) is 5.05. The van der Waals surface area contributed by atoms with Crippen LogP contribution in [0.15, 0.2) is 42.5 Å². The van der Waals surface area contributed by atoms with Gasteiger partial charge in [-0.15, -0.1) is 0 Å². The molecule has 2 aromatic carbocycles. The molecule has 0 aromatic heterocycles. The van der Waals surface area contributed by atoms with Gasteiger partial charge in [0.15, 0.2) is 0 Å². The van der Waals surface area contributed by atoms with Gasteiger partial charge in [-0.25, -0.2) is 0 Å². The standard InChI is InChI=1S/C26H33N3O2/c1-19-16-22(29-15-13-26(18-29)12-3-14-28(26)2)8-11-24(19)27-25(30)21-6-9-23(10-7-21)31-17-20-4-5-20/h6-11,16,20H,3-5,12-15,17-18H2,1-2H3,(H,27,30). The van der Waals surface area contributed by atoms with Crippen LogP contribution in [-0.4, -0.2) is 49.6 Å². The van der Waals surface area contributed by atoms with Crippen LogP contribution < -0.4 is 15.0 Å². The van der Waals surface area contributed by atoms with Crippen molar-refractivity contribution in [3.8, 4) is 5.75 Å². The number of rotatable bonds is 6. The number of amides is 1. The first-order valence-electron chi connectivity index (χ1n) is 11.6. The van der Waals surface area contributed by atoms with E-state index in [1.165, 1.54) is 44.3 Å². The highest BCUT2D eigenvalue weighted by molar-refractivity contribution is 6.04. The molecule has 1 N–H and O–H groups in total. The molecule has 2 aliphatic heterocycles. The third kappa shape index (κ3) is 4.29. The highest BCUT2D eigenvalue weighted by atomic mass is 16.5. The van der Waals surface area contributed by atoms with Crippen molar-refractivity contribution < 1.29 is 9.53 Å². The molecule has 0 bridgehead atoms. The lowest BCUT2D eigenvalue weighted by Crippen LogP contribution is -2.43. The Morgan fingerprint density at radius 1 is 1.13 bits per heavy atom. The topological polar surface area (TPSA) is 44.8 Å². The molecule has 2 heterocycles. The summed E-state index contributed by atoms with van der Waals surface area (Å²) in [6, 6.07) is 13.8. The number of ether oxygens (including phenoxy) is 1. The first-order chi connectivity index (χ1) is 15.0. The van der Waals surface area contributed by atoms with Crippen LogP contribution in [0, 0.1) is 12.8 Å². The average molecular weight is 420 g/mol. The van der Waals surface area contributed by atoms with Gasteiger partial charge in [0.05, 0.1) is 6.61 Å².